The summed E-state index contributed by atoms with van der Waals surface area (Å²) in [6.07, 6.45) is 2.53. The second kappa shape index (κ2) is 7.41. The number of nitrogens with zero attached hydrogens (tertiary/aromatic N) is 1. The Kier molecular flexibility index (Phi) is 5.19. The number of rotatable bonds is 5. The molecule has 144 valence electrons. The van der Waals surface area contributed by atoms with Crippen LogP contribution in [0.1, 0.15) is 33.8 Å². The first-order chi connectivity index (χ1) is 12.8. The van der Waals surface area contributed by atoms with Crippen molar-refractivity contribution in [2.45, 2.75) is 23.8 Å². The molecule has 2 heterocycles. The fourth-order valence-corrected chi connectivity index (χ4v) is 4.24. The number of sulfonamides is 1. The minimum atomic E-state index is -4.02. The molecule has 0 bridgehead atoms. The zero-order valence-corrected chi connectivity index (χ0v) is 15.0. The van der Waals surface area contributed by atoms with Gasteiger partial charge in [0.2, 0.25) is 10.0 Å². The van der Waals surface area contributed by atoms with Crippen molar-refractivity contribution in [3.63, 3.8) is 0 Å². The van der Waals surface area contributed by atoms with Crippen molar-refractivity contribution in [3.05, 3.63) is 47.9 Å². The first-order valence-corrected chi connectivity index (χ1v) is 9.67. The number of carboxylic acid groups (broad SMARTS) is 1. The van der Waals surface area contributed by atoms with Gasteiger partial charge in [-0.25, -0.2) is 17.9 Å². The first-order valence-electron chi connectivity index (χ1n) is 8.19. The van der Waals surface area contributed by atoms with Crippen molar-refractivity contribution in [2.24, 2.45) is 0 Å². The van der Waals surface area contributed by atoms with Gasteiger partial charge in [-0.05, 0) is 43.2 Å². The van der Waals surface area contributed by atoms with Crippen molar-refractivity contribution in [1.29, 1.82) is 0 Å². The van der Waals surface area contributed by atoms with Gasteiger partial charge < -0.3 is 19.5 Å². The van der Waals surface area contributed by atoms with E-state index >= 15 is 0 Å². The van der Waals surface area contributed by atoms with E-state index in [9.17, 15) is 23.1 Å². The van der Waals surface area contributed by atoms with Gasteiger partial charge in [-0.1, -0.05) is 0 Å². The third-order valence-corrected chi connectivity index (χ3v) is 5.79. The second-order valence-corrected chi connectivity index (χ2v) is 7.89. The summed E-state index contributed by atoms with van der Waals surface area (Å²) in [6.45, 7) is 0.656. The van der Waals surface area contributed by atoms with Gasteiger partial charge in [-0.2, -0.15) is 0 Å². The summed E-state index contributed by atoms with van der Waals surface area (Å²) in [7, 11) is -4.02. The molecule has 0 aliphatic carbocycles. The maximum Gasteiger partial charge on any atom is 0.339 e. The number of likely N-dealkylation sites (tertiary alicyclic amines) is 1. The third kappa shape index (κ3) is 4.12. The number of nitrogens with one attached hydrogen (secondary N) is 1. The molecule has 1 saturated heterocycles. The fraction of sp³-hybridized carbons (Fsp3) is 0.294. The van der Waals surface area contributed by atoms with E-state index < -0.39 is 33.3 Å². The van der Waals surface area contributed by atoms with E-state index in [4.69, 9.17) is 9.52 Å². The minimum Gasteiger partial charge on any atom is -0.507 e. The Bertz CT molecular complexity index is 954. The van der Waals surface area contributed by atoms with Crippen molar-refractivity contribution in [1.82, 2.24) is 9.62 Å². The van der Waals surface area contributed by atoms with Gasteiger partial charge in [0.15, 0.2) is 5.76 Å². The van der Waals surface area contributed by atoms with Crippen LogP contribution in [0.15, 0.2) is 45.9 Å². The van der Waals surface area contributed by atoms with Crippen LogP contribution in [-0.4, -0.2) is 54.5 Å². The quantitative estimate of drug-likeness (QED) is 0.694. The molecule has 1 amide bonds. The Balaban J connectivity index is 1.75. The average Bonchev–Trinajstić information content (AvgIpc) is 3.15. The Morgan fingerprint density at radius 2 is 2.04 bits per heavy atom. The van der Waals surface area contributed by atoms with Crippen LogP contribution >= 0.6 is 0 Å². The lowest BCUT2D eigenvalue weighted by molar-refractivity contribution is 0.0668. The number of phenols is 1. The molecule has 1 aliphatic rings. The summed E-state index contributed by atoms with van der Waals surface area (Å²) in [5.74, 6) is -2.09. The molecule has 9 nitrogen and oxygen atoms in total. The zero-order chi connectivity index (χ0) is 19.6. The minimum absolute atomic E-state index is 0.169. The van der Waals surface area contributed by atoms with E-state index in [0.29, 0.717) is 19.4 Å². The Morgan fingerprint density at radius 1 is 1.26 bits per heavy atom. The van der Waals surface area contributed by atoms with Crippen LogP contribution in [0.25, 0.3) is 0 Å². The van der Waals surface area contributed by atoms with Crippen LogP contribution in [-0.2, 0) is 10.0 Å². The Hall–Kier alpha value is -2.85. The largest absolute Gasteiger partial charge is 0.507 e. The number of carboxylic acids is 1. The number of benzene rings is 1. The van der Waals surface area contributed by atoms with Gasteiger partial charge in [0, 0.05) is 19.1 Å². The second-order valence-electron chi connectivity index (χ2n) is 6.17. The van der Waals surface area contributed by atoms with Crippen LogP contribution in [0.4, 0.5) is 0 Å². The summed E-state index contributed by atoms with van der Waals surface area (Å²) in [5, 5.41) is 18.6. The highest BCUT2D eigenvalue weighted by Crippen LogP contribution is 2.22. The number of piperidine rings is 1. The van der Waals surface area contributed by atoms with Gasteiger partial charge in [-0.15, -0.1) is 0 Å². The average molecular weight is 394 g/mol. The topological polar surface area (TPSA) is 137 Å². The van der Waals surface area contributed by atoms with Crippen LogP contribution < -0.4 is 4.72 Å². The Labute approximate surface area is 155 Å². The molecular formula is C17H18N2O7S. The highest BCUT2D eigenvalue weighted by molar-refractivity contribution is 7.89. The molecule has 1 aliphatic heterocycles. The van der Waals surface area contributed by atoms with Crippen LogP contribution in [0.3, 0.4) is 0 Å². The number of hydrogen-bond donors (Lipinski definition) is 3. The zero-order valence-electron chi connectivity index (χ0n) is 14.2. The van der Waals surface area contributed by atoms with Crippen molar-refractivity contribution in [2.75, 3.05) is 13.1 Å². The standard InChI is InChI=1S/C17H18N2O7S/c20-14-6-5-12(9-13(14)17(22)23)27(24,25)18-11-3-1-7-19(10-11)16(21)15-4-2-8-26-15/h2,4-6,8-9,11,18,20H,1,3,7,10H2,(H,22,23). The lowest BCUT2D eigenvalue weighted by atomic mass is 10.1. The molecule has 0 spiro atoms. The van der Waals surface area contributed by atoms with E-state index in [0.717, 1.165) is 18.2 Å². The lowest BCUT2D eigenvalue weighted by Gasteiger charge is -2.32. The molecule has 1 unspecified atom stereocenters. The summed E-state index contributed by atoms with van der Waals surface area (Å²) in [5.41, 5.74) is -0.504. The molecule has 1 fully saturated rings. The normalized spacial score (nSPS) is 17.6. The number of aromatic carboxylic acids is 1. The van der Waals surface area contributed by atoms with E-state index in [2.05, 4.69) is 4.72 Å². The van der Waals surface area contributed by atoms with Crippen LogP contribution in [0, 0.1) is 0 Å². The van der Waals surface area contributed by atoms with Gasteiger partial charge in [0.1, 0.15) is 11.3 Å². The van der Waals surface area contributed by atoms with Crippen LogP contribution in [0.2, 0.25) is 0 Å². The maximum absolute atomic E-state index is 12.6. The lowest BCUT2D eigenvalue weighted by Crippen LogP contribution is -2.49. The number of carbonyl (C=O) groups is 2. The molecule has 0 radical (unpaired) electrons. The SMILES string of the molecule is O=C(O)c1cc(S(=O)(=O)NC2CCCN(C(=O)c3ccco3)C2)ccc1O. The molecule has 0 saturated carbocycles. The summed E-state index contributed by atoms with van der Waals surface area (Å²) < 4.78 is 32.8. The molecular weight excluding hydrogens is 376 g/mol. The van der Waals surface area contributed by atoms with Gasteiger partial charge in [-0.3, -0.25) is 4.79 Å². The number of carbonyl (C=O) groups excluding carboxylic acids is 1. The maximum atomic E-state index is 12.6. The van der Waals surface area contributed by atoms with E-state index in [1.807, 2.05) is 0 Å². The number of furan rings is 1. The molecule has 1 aromatic heterocycles. The summed E-state index contributed by atoms with van der Waals surface area (Å²) in [6, 6.07) is 5.66. The van der Waals surface area contributed by atoms with Crippen molar-refractivity contribution >= 4 is 21.9 Å². The predicted molar refractivity (Wildman–Crippen MR) is 93.0 cm³/mol. The predicted octanol–water partition coefficient (Wildman–Crippen LogP) is 1.27. The number of amides is 1. The van der Waals surface area contributed by atoms with E-state index in [1.165, 1.54) is 11.2 Å². The molecule has 27 heavy (non-hydrogen) atoms. The number of aromatic hydroxyl groups is 1. The van der Waals surface area contributed by atoms with Gasteiger partial charge in [0.25, 0.3) is 5.91 Å². The fourth-order valence-electron chi connectivity index (χ4n) is 2.95. The highest BCUT2D eigenvalue weighted by atomic mass is 32.2. The van der Waals surface area contributed by atoms with Crippen molar-refractivity contribution in [3.8, 4) is 5.75 Å². The van der Waals surface area contributed by atoms with Crippen molar-refractivity contribution < 1.29 is 32.6 Å². The molecule has 3 rings (SSSR count). The molecule has 3 N–H and O–H groups in total. The number of hydrogen-bond acceptors (Lipinski definition) is 6. The van der Waals surface area contributed by atoms with E-state index in [-0.39, 0.29) is 23.1 Å². The molecule has 1 aromatic carbocycles. The summed E-state index contributed by atoms with van der Waals surface area (Å²) in [4.78, 5) is 24.7. The Morgan fingerprint density at radius 3 is 2.70 bits per heavy atom. The molecule has 2 aromatic rings. The van der Waals surface area contributed by atoms with Gasteiger partial charge >= 0.3 is 5.97 Å². The third-order valence-electron chi connectivity index (χ3n) is 4.27. The van der Waals surface area contributed by atoms with Gasteiger partial charge in [0.05, 0.1) is 11.2 Å². The van der Waals surface area contributed by atoms with E-state index in [1.54, 1.807) is 12.1 Å². The summed E-state index contributed by atoms with van der Waals surface area (Å²) >= 11 is 0. The monoisotopic (exact) mass is 394 g/mol. The first kappa shape index (κ1) is 18.9. The molecule has 10 heteroatoms. The molecule has 1 atom stereocenters. The highest BCUT2D eigenvalue weighted by Gasteiger charge is 2.29. The smallest absolute Gasteiger partial charge is 0.339 e. The van der Waals surface area contributed by atoms with Crippen LogP contribution in [0.5, 0.6) is 5.75 Å².